The molecular weight excluding hydrogens is 240 g/mol. The van der Waals surface area contributed by atoms with Gasteiger partial charge in [0.2, 0.25) is 0 Å². The Morgan fingerprint density at radius 1 is 1.25 bits per heavy atom. The first-order chi connectivity index (χ1) is 7.84. The van der Waals surface area contributed by atoms with Crippen molar-refractivity contribution < 1.29 is 0 Å². The van der Waals surface area contributed by atoms with Crippen LogP contribution in [0.1, 0.15) is 24.1 Å². The fourth-order valence-corrected chi connectivity index (χ4v) is 3.12. The molecule has 0 saturated heterocycles. The predicted molar refractivity (Wildman–Crippen MR) is 67.0 cm³/mol. The lowest BCUT2D eigenvalue weighted by atomic mass is 9.97. The molecule has 0 radical (unpaired) electrons. The molecule has 0 N–H and O–H groups in total. The number of hydrogen-bond acceptors (Lipinski definition) is 3. The fourth-order valence-electron chi connectivity index (χ4n) is 2.04. The number of fused-ring (bicyclic) bond motifs is 1. The van der Waals surface area contributed by atoms with Gasteiger partial charge in [-0.2, -0.15) is 0 Å². The van der Waals surface area contributed by atoms with E-state index in [1.807, 2.05) is 17.6 Å². The van der Waals surface area contributed by atoms with E-state index in [4.69, 9.17) is 11.6 Å². The first-order valence-electron chi connectivity index (χ1n) is 5.43. The number of hydrogen-bond donors (Lipinski definition) is 0. The third-order valence-electron chi connectivity index (χ3n) is 2.88. The molecule has 4 heteroatoms. The van der Waals surface area contributed by atoms with Crippen LogP contribution in [0.4, 0.5) is 0 Å². The van der Waals surface area contributed by atoms with Gasteiger partial charge in [0.1, 0.15) is 0 Å². The van der Waals surface area contributed by atoms with Crippen molar-refractivity contribution in [2.24, 2.45) is 0 Å². The van der Waals surface area contributed by atoms with Crippen LogP contribution in [0.2, 0.25) is 5.02 Å². The van der Waals surface area contributed by atoms with E-state index in [9.17, 15) is 0 Å². The van der Waals surface area contributed by atoms with Gasteiger partial charge in [-0.15, -0.1) is 11.3 Å². The Labute approximate surface area is 103 Å². The number of rotatable bonds is 1. The normalized spacial score (nSPS) is 14.8. The molecule has 3 rings (SSSR count). The van der Waals surface area contributed by atoms with Crippen LogP contribution in [0, 0.1) is 0 Å². The highest BCUT2D eigenvalue weighted by Gasteiger charge is 2.14. The molecule has 0 fully saturated rings. The molecule has 0 atom stereocenters. The predicted octanol–water partition coefficient (Wildman–Crippen LogP) is 3.74. The summed E-state index contributed by atoms with van der Waals surface area (Å²) in [6, 6.07) is 1.89. The van der Waals surface area contributed by atoms with Crippen LogP contribution in [0.5, 0.6) is 0 Å². The molecule has 0 bridgehead atoms. The Hall–Kier alpha value is -0.930. The van der Waals surface area contributed by atoms with Gasteiger partial charge in [-0.3, -0.25) is 0 Å². The van der Waals surface area contributed by atoms with Gasteiger partial charge in [0.15, 0.2) is 5.82 Å². The molecule has 0 aromatic carbocycles. The molecule has 2 heterocycles. The number of aryl methyl sites for hydroxylation is 2. The van der Waals surface area contributed by atoms with Crippen molar-refractivity contribution in [3.63, 3.8) is 0 Å². The van der Waals surface area contributed by atoms with Crippen molar-refractivity contribution in [2.45, 2.75) is 25.7 Å². The highest BCUT2D eigenvalue weighted by molar-refractivity contribution is 7.14. The summed E-state index contributed by atoms with van der Waals surface area (Å²) in [5.74, 6) is 0.778. The van der Waals surface area contributed by atoms with Crippen LogP contribution in [0.15, 0.2) is 17.6 Å². The molecule has 0 aliphatic heterocycles. The molecular formula is C12H11ClN2S. The molecule has 82 valence electrons. The van der Waals surface area contributed by atoms with Crippen molar-refractivity contribution >= 4 is 22.9 Å². The van der Waals surface area contributed by atoms with Gasteiger partial charge >= 0.3 is 0 Å². The van der Waals surface area contributed by atoms with Gasteiger partial charge in [0, 0.05) is 11.9 Å². The molecule has 1 aliphatic carbocycles. The van der Waals surface area contributed by atoms with E-state index < -0.39 is 0 Å². The summed E-state index contributed by atoms with van der Waals surface area (Å²) >= 11 is 7.68. The van der Waals surface area contributed by atoms with E-state index in [2.05, 4.69) is 9.97 Å². The van der Waals surface area contributed by atoms with Crippen molar-refractivity contribution in [3.8, 4) is 10.7 Å². The smallest absolute Gasteiger partial charge is 0.171 e. The summed E-state index contributed by atoms with van der Waals surface area (Å²) in [6.07, 6.45) is 6.66. The van der Waals surface area contributed by atoms with E-state index >= 15 is 0 Å². The number of nitrogens with zero attached hydrogens (tertiary/aromatic N) is 2. The number of halogens is 1. The third-order valence-corrected chi connectivity index (χ3v) is 4.22. The zero-order valence-electron chi connectivity index (χ0n) is 8.74. The minimum absolute atomic E-state index is 0.751. The highest BCUT2D eigenvalue weighted by Crippen LogP contribution is 2.31. The van der Waals surface area contributed by atoms with E-state index in [1.54, 1.807) is 11.3 Å². The van der Waals surface area contributed by atoms with Crippen molar-refractivity contribution in [3.05, 3.63) is 33.9 Å². The van der Waals surface area contributed by atoms with E-state index in [-0.39, 0.29) is 0 Å². The largest absolute Gasteiger partial charge is 0.236 e. The molecule has 0 unspecified atom stereocenters. The van der Waals surface area contributed by atoms with Crippen LogP contribution in [0.25, 0.3) is 10.7 Å². The maximum absolute atomic E-state index is 6.09. The van der Waals surface area contributed by atoms with Crippen molar-refractivity contribution in [2.75, 3.05) is 0 Å². The molecule has 2 aromatic heterocycles. The summed E-state index contributed by atoms with van der Waals surface area (Å²) in [7, 11) is 0. The SMILES string of the molecule is Clc1ccsc1-c1ncc2c(n1)CCCC2. The molecule has 0 saturated carbocycles. The van der Waals surface area contributed by atoms with E-state index in [0.29, 0.717) is 0 Å². The van der Waals surface area contributed by atoms with Gasteiger partial charge in [0.05, 0.1) is 9.90 Å². The monoisotopic (exact) mass is 250 g/mol. The highest BCUT2D eigenvalue weighted by atomic mass is 35.5. The Morgan fingerprint density at radius 2 is 2.12 bits per heavy atom. The van der Waals surface area contributed by atoms with Crippen molar-refractivity contribution in [1.82, 2.24) is 9.97 Å². The molecule has 1 aliphatic rings. The number of aromatic nitrogens is 2. The second-order valence-electron chi connectivity index (χ2n) is 3.97. The average molecular weight is 251 g/mol. The van der Waals surface area contributed by atoms with Crippen LogP contribution >= 0.6 is 22.9 Å². The maximum atomic E-state index is 6.09. The van der Waals surface area contributed by atoms with Crippen LogP contribution < -0.4 is 0 Å². The Kier molecular flexibility index (Phi) is 2.65. The lowest BCUT2D eigenvalue weighted by Crippen LogP contribution is -2.07. The summed E-state index contributed by atoms with van der Waals surface area (Å²) in [6.45, 7) is 0. The van der Waals surface area contributed by atoms with Crippen molar-refractivity contribution in [1.29, 1.82) is 0 Å². The molecule has 0 spiro atoms. The summed E-state index contributed by atoms with van der Waals surface area (Å²) in [5, 5.41) is 2.72. The van der Waals surface area contributed by atoms with Crippen LogP contribution in [0.3, 0.4) is 0 Å². The summed E-state index contributed by atoms with van der Waals surface area (Å²) in [4.78, 5) is 10.0. The lowest BCUT2D eigenvalue weighted by Gasteiger charge is -2.14. The Morgan fingerprint density at radius 3 is 2.94 bits per heavy atom. The maximum Gasteiger partial charge on any atom is 0.171 e. The second kappa shape index (κ2) is 4.15. The Balaban J connectivity index is 2.06. The Bertz CT molecular complexity index is 521. The first-order valence-corrected chi connectivity index (χ1v) is 6.68. The average Bonchev–Trinajstić information content (AvgIpc) is 2.75. The summed E-state index contributed by atoms with van der Waals surface area (Å²) in [5.41, 5.74) is 2.52. The first kappa shape index (κ1) is 10.2. The summed E-state index contributed by atoms with van der Waals surface area (Å²) < 4.78 is 0. The molecule has 2 aromatic rings. The van der Waals surface area contributed by atoms with Gasteiger partial charge in [-0.1, -0.05) is 11.6 Å². The fraction of sp³-hybridized carbons (Fsp3) is 0.333. The van der Waals surface area contributed by atoms with Gasteiger partial charge in [0.25, 0.3) is 0 Å². The second-order valence-corrected chi connectivity index (χ2v) is 5.29. The van der Waals surface area contributed by atoms with E-state index in [0.717, 1.165) is 28.6 Å². The lowest BCUT2D eigenvalue weighted by molar-refractivity contribution is 0.663. The van der Waals surface area contributed by atoms with Crippen LogP contribution in [-0.4, -0.2) is 9.97 Å². The molecule has 2 nitrogen and oxygen atoms in total. The standard InChI is InChI=1S/C12H11ClN2S/c13-9-5-6-16-11(9)12-14-7-8-3-1-2-4-10(8)15-12/h5-7H,1-4H2. The zero-order valence-corrected chi connectivity index (χ0v) is 10.3. The minimum atomic E-state index is 0.751. The van der Waals surface area contributed by atoms with Gasteiger partial charge in [-0.25, -0.2) is 9.97 Å². The quantitative estimate of drug-likeness (QED) is 0.771. The molecule has 0 amide bonds. The van der Waals surface area contributed by atoms with Gasteiger partial charge in [-0.05, 0) is 42.7 Å². The van der Waals surface area contributed by atoms with Gasteiger partial charge < -0.3 is 0 Å². The number of thiophene rings is 1. The topological polar surface area (TPSA) is 25.8 Å². The van der Waals surface area contributed by atoms with Crippen LogP contribution in [-0.2, 0) is 12.8 Å². The third kappa shape index (κ3) is 1.74. The van der Waals surface area contributed by atoms with E-state index in [1.165, 1.54) is 24.1 Å². The zero-order chi connectivity index (χ0) is 11.0. The molecule has 16 heavy (non-hydrogen) atoms. The minimum Gasteiger partial charge on any atom is -0.236 e.